The van der Waals surface area contributed by atoms with Crippen molar-refractivity contribution in [2.75, 3.05) is 19.8 Å². The van der Waals surface area contributed by atoms with E-state index in [0.717, 1.165) is 18.4 Å². The fourth-order valence-corrected chi connectivity index (χ4v) is 2.03. The molecule has 0 radical (unpaired) electrons. The number of hydrazine groups is 1. The maximum Gasteiger partial charge on any atom is 0.301 e. The molecule has 1 aromatic carbocycles. The maximum absolute atomic E-state index is 11.8. The van der Waals surface area contributed by atoms with Crippen molar-refractivity contribution < 1.29 is 18.7 Å². The van der Waals surface area contributed by atoms with E-state index in [1.165, 1.54) is 0 Å². The second-order valence-electron chi connectivity index (χ2n) is 4.54. The topological polar surface area (TPSA) is 86.7 Å². The fraction of sp³-hybridized carbons (Fsp3) is 0.400. The van der Waals surface area contributed by atoms with Gasteiger partial charge in [-0.3, -0.25) is 10.2 Å². The number of furan rings is 1. The second-order valence-corrected chi connectivity index (χ2v) is 4.54. The number of nitrogens with one attached hydrogen (secondary N) is 1. The van der Waals surface area contributed by atoms with Gasteiger partial charge in [0.2, 0.25) is 0 Å². The summed E-state index contributed by atoms with van der Waals surface area (Å²) in [6, 6.07) is 7.42. The number of amides is 1. The monoisotopic (exact) mass is 292 g/mol. The van der Waals surface area contributed by atoms with Gasteiger partial charge in [-0.15, -0.1) is 0 Å². The predicted octanol–water partition coefficient (Wildman–Crippen LogP) is 1.98. The summed E-state index contributed by atoms with van der Waals surface area (Å²) in [6.45, 7) is 4.04. The van der Waals surface area contributed by atoms with Crippen LogP contribution in [0.15, 0.2) is 28.7 Å². The average Bonchev–Trinajstić information content (AvgIpc) is 2.89. The average molecular weight is 292 g/mol. The molecular formula is C15H20N2O4. The molecule has 0 bridgehead atoms. The molecule has 3 N–H and O–H groups in total. The molecular weight excluding hydrogens is 272 g/mol. The smallest absolute Gasteiger partial charge is 0.301 e. The van der Waals surface area contributed by atoms with Crippen LogP contribution in [-0.4, -0.2) is 25.7 Å². The molecule has 21 heavy (non-hydrogen) atoms. The van der Waals surface area contributed by atoms with Crippen LogP contribution in [0.4, 0.5) is 0 Å². The highest BCUT2D eigenvalue weighted by molar-refractivity contribution is 5.98. The molecule has 1 heterocycles. The first kappa shape index (κ1) is 15.5. The maximum atomic E-state index is 11.8. The zero-order valence-electron chi connectivity index (χ0n) is 12.1. The number of para-hydroxylation sites is 1. The Hall–Kier alpha value is -1.89. The molecule has 0 unspecified atom stereocenters. The summed E-state index contributed by atoms with van der Waals surface area (Å²) < 4.78 is 16.4. The molecule has 114 valence electrons. The summed E-state index contributed by atoms with van der Waals surface area (Å²) in [4.78, 5) is 11.8. The van der Waals surface area contributed by atoms with Gasteiger partial charge < -0.3 is 13.9 Å². The third-order valence-corrected chi connectivity index (χ3v) is 3.00. The molecule has 0 saturated carbocycles. The predicted molar refractivity (Wildman–Crippen MR) is 78.6 cm³/mol. The Balaban J connectivity index is 2.07. The van der Waals surface area contributed by atoms with E-state index in [0.29, 0.717) is 24.4 Å². The lowest BCUT2D eigenvalue weighted by Gasteiger charge is -2.05. The van der Waals surface area contributed by atoms with Crippen LogP contribution in [0, 0.1) is 0 Å². The van der Waals surface area contributed by atoms with Crippen LogP contribution in [0.2, 0.25) is 0 Å². The molecule has 1 amide bonds. The van der Waals surface area contributed by atoms with Gasteiger partial charge >= 0.3 is 5.91 Å². The first-order valence-electron chi connectivity index (χ1n) is 6.94. The van der Waals surface area contributed by atoms with Crippen LogP contribution in [0.5, 0.6) is 0 Å². The minimum Gasteiger partial charge on any atom is -0.450 e. The number of ether oxygens (including phenoxy) is 2. The number of nitrogens with two attached hydrogens (primary N) is 1. The van der Waals surface area contributed by atoms with Crippen LogP contribution in [-0.2, 0) is 16.1 Å². The Morgan fingerprint density at radius 1 is 1.24 bits per heavy atom. The highest BCUT2D eigenvalue weighted by Crippen LogP contribution is 2.26. The van der Waals surface area contributed by atoms with Crippen molar-refractivity contribution in [2.24, 2.45) is 5.84 Å². The molecule has 1 aromatic heterocycles. The van der Waals surface area contributed by atoms with Crippen LogP contribution in [0.3, 0.4) is 0 Å². The molecule has 2 aromatic rings. The lowest BCUT2D eigenvalue weighted by atomic mass is 10.1. The van der Waals surface area contributed by atoms with Crippen molar-refractivity contribution in [2.45, 2.75) is 20.0 Å². The number of rotatable bonds is 8. The zero-order valence-corrected chi connectivity index (χ0v) is 12.1. The summed E-state index contributed by atoms with van der Waals surface area (Å²) in [7, 11) is 0. The van der Waals surface area contributed by atoms with Gasteiger partial charge in [-0.25, -0.2) is 5.84 Å². The number of nitrogen functional groups attached to an aromatic ring is 1. The molecule has 0 atom stereocenters. The van der Waals surface area contributed by atoms with Gasteiger partial charge in [-0.1, -0.05) is 25.1 Å². The van der Waals surface area contributed by atoms with E-state index in [1.54, 1.807) is 6.07 Å². The van der Waals surface area contributed by atoms with Crippen LogP contribution < -0.4 is 11.3 Å². The Labute approximate surface area is 123 Å². The van der Waals surface area contributed by atoms with Crippen molar-refractivity contribution in [3.05, 3.63) is 35.6 Å². The quantitative estimate of drug-likeness (QED) is 0.336. The highest BCUT2D eigenvalue weighted by atomic mass is 16.5. The van der Waals surface area contributed by atoms with Crippen LogP contribution >= 0.6 is 0 Å². The summed E-state index contributed by atoms with van der Waals surface area (Å²) in [5.41, 5.74) is 3.42. The molecule has 6 heteroatoms. The standard InChI is InChI=1S/C15H20N2O4/c1-2-7-19-8-9-20-10-12-11-5-3-4-6-13(11)21-14(12)15(18)17-16/h3-6H,2,7-10,16H2,1H3,(H,17,18). The first-order valence-corrected chi connectivity index (χ1v) is 6.94. The third-order valence-electron chi connectivity index (χ3n) is 3.00. The van der Waals surface area contributed by atoms with Gasteiger partial charge in [0.05, 0.1) is 19.8 Å². The second kappa shape index (κ2) is 7.78. The SMILES string of the molecule is CCCOCCOCc1c(C(=O)NN)oc2ccccc12. The van der Waals surface area contributed by atoms with E-state index < -0.39 is 5.91 Å². The van der Waals surface area contributed by atoms with Gasteiger partial charge in [0, 0.05) is 17.6 Å². The lowest BCUT2D eigenvalue weighted by Crippen LogP contribution is -2.30. The fourth-order valence-electron chi connectivity index (χ4n) is 2.03. The van der Waals surface area contributed by atoms with Crippen LogP contribution in [0.25, 0.3) is 11.0 Å². The van der Waals surface area contributed by atoms with Crippen molar-refractivity contribution in [1.29, 1.82) is 0 Å². The van der Waals surface area contributed by atoms with Crippen molar-refractivity contribution >= 4 is 16.9 Å². The van der Waals surface area contributed by atoms with E-state index in [-0.39, 0.29) is 12.4 Å². The normalized spacial score (nSPS) is 11.0. The molecule has 2 rings (SSSR count). The molecule has 0 aliphatic heterocycles. The van der Waals surface area contributed by atoms with Crippen LogP contribution in [0.1, 0.15) is 29.5 Å². The molecule has 0 aliphatic carbocycles. The van der Waals surface area contributed by atoms with E-state index in [2.05, 4.69) is 12.3 Å². The van der Waals surface area contributed by atoms with Crippen molar-refractivity contribution in [1.82, 2.24) is 5.43 Å². The number of benzene rings is 1. The lowest BCUT2D eigenvalue weighted by molar-refractivity contribution is 0.0405. The number of fused-ring (bicyclic) bond motifs is 1. The minimum atomic E-state index is -0.466. The summed E-state index contributed by atoms with van der Waals surface area (Å²) >= 11 is 0. The van der Waals surface area contributed by atoms with Gasteiger partial charge in [-0.2, -0.15) is 0 Å². The van der Waals surface area contributed by atoms with Gasteiger partial charge in [0.25, 0.3) is 0 Å². The third kappa shape index (κ3) is 3.81. The number of carbonyl (C=O) groups is 1. The van der Waals surface area contributed by atoms with Gasteiger partial charge in [-0.05, 0) is 12.5 Å². The number of carbonyl (C=O) groups excluding carboxylic acids is 1. The molecule has 0 spiro atoms. The first-order chi connectivity index (χ1) is 10.3. The summed E-state index contributed by atoms with van der Waals surface area (Å²) in [5, 5.41) is 0.852. The highest BCUT2D eigenvalue weighted by Gasteiger charge is 2.19. The summed E-state index contributed by atoms with van der Waals surface area (Å²) in [6.07, 6.45) is 0.979. The van der Waals surface area contributed by atoms with E-state index >= 15 is 0 Å². The number of hydrogen-bond acceptors (Lipinski definition) is 5. The Morgan fingerprint density at radius 3 is 2.76 bits per heavy atom. The Bertz CT molecular complexity index is 594. The molecule has 6 nitrogen and oxygen atoms in total. The van der Waals surface area contributed by atoms with E-state index in [4.69, 9.17) is 19.7 Å². The zero-order chi connectivity index (χ0) is 15.1. The largest absolute Gasteiger partial charge is 0.450 e. The Kier molecular flexibility index (Phi) is 5.74. The van der Waals surface area contributed by atoms with E-state index in [9.17, 15) is 4.79 Å². The summed E-state index contributed by atoms with van der Waals surface area (Å²) in [5.74, 6) is 4.91. The molecule has 0 fully saturated rings. The van der Waals surface area contributed by atoms with Gasteiger partial charge in [0.1, 0.15) is 5.58 Å². The molecule has 0 aliphatic rings. The van der Waals surface area contributed by atoms with Gasteiger partial charge in [0.15, 0.2) is 5.76 Å². The molecule has 0 saturated heterocycles. The van der Waals surface area contributed by atoms with E-state index in [1.807, 2.05) is 18.2 Å². The number of hydrogen-bond donors (Lipinski definition) is 2. The minimum absolute atomic E-state index is 0.188. The Morgan fingerprint density at radius 2 is 2.00 bits per heavy atom. The van der Waals surface area contributed by atoms with Crippen molar-refractivity contribution in [3.63, 3.8) is 0 Å². The van der Waals surface area contributed by atoms with Crippen molar-refractivity contribution in [3.8, 4) is 0 Å².